The van der Waals surface area contributed by atoms with Gasteiger partial charge in [0.05, 0.1) is 5.92 Å². The normalized spacial score (nSPS) is 35.5. The zero-order valence-electron chi connectivity index (χ0n) is 17.4. The summed E-state index contributed by atoms with van der Waals surface area (Å²) in [5, 5.41) is 0. The summed E-state index contributed by atoms with van der Waals surface area (Å²) in [6, 6.07) is 0. The Bertz CT molecular complexity index is 418. The summed E-state index contributed by atoms with van der Waals surface area (Å²) in [5.74, 6) is 3.71. The molecular formula is C24H42O2. The number of carbonyl (C=O) groups excluding carboxylic acids is 1. The van der Waals surface area contributed by atoms with E-state index in [9.17, 15) is 4.79 Å². The van der Waals surface area contributed by atoms with Crippen LogP contribution in [-0.4, -0.2) is 12.1 Å². The van der Waals surface area contributed by atoms with Crippen molar-refractivity contribution in [1.82, 2.24) is 0 Å². The molecule has 0 aromatic heterocycles. The molecule has 0 heterocycles. The third kappa shape index (κ3) is 5.49. The molecule has 3 atom stereocenters. The summed E-state index contributed by atoms with van der Waals surface area (Å²) in [7, 11) is 0. The molecule has 26 heavy (non-hydrogen) atoms. The van der Waals surface area contributed by atoms with Gasteiger partial charge in [-0.15, -0.1) is 0 Å². The average molecular weight is 363 g/mol. The first kappa shape index (κ1) is 20.2. The van der Waals surface area contributed by atoms with Crippen LogP contribution in [0.1, 0.15) is 110 Å². The molecule has 2 nitrogen and oxygen atoms in total. The first-order valence-corrected chi connectivity index (χ1v) is 11.9. The SMILES string of the molecule is CCC1CCCC(C2CCC(C(=O)OC(C)C3CCCCC3)CC2)CC1. The first-order chi connectivity index (χ1) is 12.7. The predicted molar refractivity (Wildman–Crippen MR) is 108 cm³/mol. The van der Waals surface area contributed by atoms with Crippen molar-refractivity contribution >= 4 is 5.97 Å². The van der Waals surface area contributed by atoms with Crippen LogP contribution in [0.3, 0.4) is 0 Å². The Kier molecular flexibility index (Phi) is 7.88. The van der Waals surface area contributed by atoms with E-state index < -0.39 is 0 Å². The van der Waals surface area contributed by atoms with Crippen LogP contribution in [0.25, 0.3) is 0 Å². The fraction of sp³-hybridized carbons (Fsp3) is 0.958. The van der Waals surface area contributed by atoms with E-state index in [1.807, 2.05) is 0 Å². The van der Waals surface area contributed by atoms with Gasteiger partial charge in [-0.2, -0.15) is 0 Å². The lowest BCUT2D eigenvalue weighted by molar-refractivity contribution is -0.158. The Hall–Kier alpha value is -0.530. The monoisotopic (exact) mass is 362 g/mol. The summed E-state index contributed by atoms with van der Waals surface area (Å²) in [5.41, 5.74) is 0. The molecule has 3 fully saturated rings. The van der Waals surface area contributed by atoms with Crippen LogP contribution in [0.15, 0.2) is 0 Å². The van der Waals surface area contributed by atoms with Crippen molar-refractivity contribution in [3.05, 3.63) is 0 Å². The predicted octanol–water partition coefficient (Wildman–Crippen LogP) is 6.91. The van der Waals surface area contributed by atoms with Gasteiger partial charge in [-0.05, 0) is 75.5 Å². The van der Waals surface area contributed by atoms with E-state index in [2.05, 4.69) is 13.8 Å². The number of hydrogen-bond acceptors (Lipinski definition) is 2. The van der Waals surface area contributed by atoms with Gasteiger partial charge in [0.25, 0.3) is 0 Å². The Balaban J connectivity index is 1.40. The van der Waals surface area contributed by atoms with Crippen molar-refractivity contribution in [2.24, 2.45) is 29.6 Å². The smallest absolute Gasteiger partial charge is 0.309 e. The molecule has 3 unspecified atom stereocenters. The van der Waals surface area contributed by atoms with E-state index >= 15 is 0 Å². The molecule has 3 aliphatic carbocycles. The van der Waals surface area contributed by atoms with E-state index in [0.717, 1.165) is 30.6 Å². The van der Waals surface area contributed by atoms with Crippen LogP contribution in [0, 0.1) is 29.6 Å². The second-order valence-corrected chi connectivity index (χ2v) is 9.69. The number of carbonyl (C=O) groups is 1. The molecule has 3 rings (SSSR count). The number of hydrogen-bond donors (Lipinski definition) is 0. The van der Waals surface area contributed by atoms with E-state index in [1.165, 1.54) is 83.5 Å². The highest BCUT2D eigenvalue weighted by Crippen LogP contribution is 2.41. The lowest BCUT2D eigenvalue weighted by Gasteiger charge is -2.34. The average Bonchev–Trinajstić information content (AvgIpc) is 2.94. The molecule has 0 aromatic rings. The van der Waals surface area contributed by atoms with Gasteiger partial charge in [0.2, 0.25) is 0 Å². The Morgan fingerprint density at radius 2 is 1.46 bits per heavy atom. The highest BCUT2D eigenvalue weighted by Gasteiger charge is 2.33. The van der Waals surface area contributed by atoms with E-state index in [4.69, 9.17) is 4.74 Å². The van der Waals surface area contributed by atoms with Gasteiger partial charge in [0.15, 0.2) is 0 Å². The molecule has 0 amide bonds. The highest BCUT2D eigenvalue weighted by atomic mass is 16.5. The molecule has 0 spiro atoms. The van der Waals surface area contributed by atoms with Crippen LogP contribution in [0.2, 0.25) is 0 Å². The summed E-state index contributed by atoms with van der Waals surface area (Å²) >= 11 is 0. The van der Waals surface area contributed by atoms with Crippen LogP contribution in [0.5, 0.6) is 0 Å². The first-order valence-electron chi connectivity index (χ1n) is 11.9. The Morgan fingerprint density at radius 3 is 2.15 bits per heavy atom. The topological polar surface area (TPSA) is 26.3 Å². The zero-order chi connectivity index (χ0) is 18.4. The molecule has 0 aromatic carbocycles. The van der Waals surface area contributed by atoms with E-state index in [-0.39, 0.29) is 18.0 Å². The fourth-order valence-corrected chi connectivity index (χ4v) is 6.09. The van der Waals surface area contributed by atoms with Gasteiger partial charge < -0.3 is 4.74 Å². The van der Waals surface area contributed by atoms with E-state index in [1.54, 1.807) is 0 Å². The molecule has 0 aliphatic heterocycles. The maximum Gasteiger partial charge on any atom is 0.309 e. The fourth-order valence-electron chi connectivity index (χ4n) is 6.09. The van der Waals surface area contributed by atoms with E-state index in [0.29, 0.717) is 5.92 Å². The third-order valence-corrected chi connectivity index (χ3v) is 8.10. The van der Waals surface area contributed by atoms with Gasteiger partial charge in [0, 0.05) is 0 Å². The standard InChI is InChI=1S/C24H42O2/c1-3-19-8-7-11-21(13-12-19)22-14-16-23(17-15-22)24(25)26-18(2)20-9-5-4-6-10-20/h18-23H,3-17H2,1-2H3. The van der Waals surface area contributed by atoms with Gasteiger partial charge >= 0.3 is 5.97 Å². The van der Waals surface area contributed by atoms with Crippen molar-refractivity contribution < 1.29 is 9.53 Å². The van der Waals surface area contributed by atoms with Crippen molar-refractivity contribution in [3.63, 3.8) is 0 Å². The van der Waals surface area contributed by atoms with Gasteiger partial charge in [0.1, 0.15) is 6.10 Å². The third-order valence-electron chi connectivity index (χ3n) is 8.10. The number of rotatable bonds is 5. The van der Waals surface area contributed by atoms with Gasteiger partial charge in [-0.1, -0.05) is 58.3 Å². The molecule has 2 heteroatoms. The quantitative estimate of drug-likeness (QED) is 0.392. The molecule has 0 saturated heterocycles. The lowest BCUT2D eigenvalue weighted by Crippen LogP contribution is -2.32. The summed E-state index contributed by atoms with van der Waals surface area (Å²) in [6.45, 7) is 4.49. The van der Waals surface area contributed by atoms with Crippen molar-refractivity contribution in [2.75, 3.05) is 0 Å². The van der Waals surface area contributed by atoms with Crippen molar-refractivity contribution in [2.45, 2.75) is 116 Å². The minimum Gasteiger partial charge on any atom is -0.462 e. The van der Waals surface area contributed by atoms with Crippen molar-refractivity contribution in [3.8, 4) is 0 Å². The Morgan fingerprint density at radius 1 is 0.808 bits per heavy atom. The van der Waals surface area contributed by atoms with Crippen LogP contribution < -0.4 is 0 Å². The van der Waals surface area contributed by atoms with Crippen molar-refractivity contribution in [1.29, 1.82) is 0 Å². The maximum atomic E-state index is 12.6. The number of esters is 1. The molecule has 0 bridgehead atoms. The molecule has 150 valence electrons. The number of ether oxygens (including phenoxy) is 1. The van der Waals surface area contributed by atoms with Crippen LogP contribution in [-0.2, 0) is 9.53 Å². The van der Waals surface area contributed by atoms with Crippen LogP contribution >= 0.6 is 0 Å². The molecular weight excluding hydrogens is 320 g/mol. The minimum atomic E-state index is 0.119. The molecule has 3 aliphatic rings. The maximum absolute atomic E-state index is 12.6. The molecule has 3 saturated carbocycles. The summed E-state index contributed by atoms with van der Waals surface area (Å²) in [6.07, 6.45) is 19.9. The zero-order valence-corrected chi connectivity index (χ0v) is 17.4. The van der Waals surface area contributed by atoms with Crippen LogP contribution in [0.4, 0.5) is 0 Å². The summed E-state index contributed by atoms with van der Waals surface area (Å²) in [4.78, 5) is 12.6. The van der Waals surface area contributed by atoms with Gasteiger partial charge in [-0.3, -0.25) is 4.79 Å². The highest BCUT2D eigenvalue weighted by molar-refractivity contribution is 5.72. The summed E-state index contributed by atoms with van der Waals surface area (Å²) < 4.78 is 5.92. The lowest BCUT2D eigenvalue weighted by atomic mass is 9.73. The largest absolute Gasteiger partial charge is 0.462 e. The molecule has 0 N–H and O–H groups in total. The second-order valence-electron chi connectivity index (χ2n) is 9.69. The molecule has 0 radical (unpaired) electrons. The van der Waals surface area contributed by atoms with Gasteiger partial charge in [-0.25, -0.2) is 0 Å². The second kappa shape index (κ2) is 10.1. The minimum absolute atomic E-state index is 0.119. The Labute approximate surface area is 161 Å².